The molecule has 0 spiro atoms. The summed E-state index contributed by atoms with van der Waals surface area (Å²) >= 11 is 0. The number of nitro benzene ring substituents is 1. The van der Waals surface area contributed by atoms with Gasteiger partial charge in [0.05, 0.1) is 11.0 Å². The van der Waals surface area contributed by atoms with Crippen molar-refractivity contribution in [3.05, 3.63) is 75.8 Å². The molecule has 0 bridgehead atoms. The van der Waals surface area contributed by atoms with E-state index in [1.165, 1.54) is 12.1 Å². The van der Waals surface area contributed by atoms with Crippen molar-refractivity contribution in [2.24, 2.45) is 0 Å². The third-order valence-corrected chi connectivity index (χ3v) is 3.56. The molecule has 0 aromatic heterocycles. The molecule has 1 atom stereocenters. The molecule has 0 radical (unpaired) electrons. The van der Waals surface area contributed by atoms with Gasteiger partial charge in [0.15, 0.2) is 5.78 Å². The summed E-state index contributed by atoms with van der Waals surface area (Å²) in [5.74, 6) is 0.0453. The van der Waals surface area contributed by atoms with Gasteiger partial charge in [0.1, 0.15) is 0 Å². The molecular weight excluding hydrogens is 280 g/mol. The summed E-state index contributed by atoms with van der Waals surface area (Å²) < 4.78 is 0. The largest absolute Gasteiger partial charge is 0.299 e. The van der Waals surface area contributed by atoms with E-state index in [4.69, 9.17) is 0 Å². The highest BCUT2D eigenvalue weighted by Crippen LogP contribution is 2.16. The van der Waals surface area contributed by atoms with Gasteiger partial charge < -0.3 is 0 Å². The van der Waals surface area contributed by atoms with Crippen molar-refractivity contribution in [3.8, 4) is 0 Å². The van der Waals surface area contributed by atoms with Gasteiger partial charge in [-0.1, -0.05) is 42.5 Å². The normalized spacial score (nSPS) is 12.1. The van der Waals surface area contributed by atoms with Gasteiger partial charge in [-0.3, -0.25) is 19.8 Å². The number of rotatable bonds is 6. The summed E-state index contributed by atoms with van der Waals surface area (Å²) in [6.07, 6.45) is 0.513. The van der Waals surface area contributed by atoms with Crippen LogP contribution in [0.4, 0.5) is 5.69 Å². The standard InChI is InChI=1S/C17H18N2O3/c1-18(2)16(17(20)14-6-4-3-5-7-14)12-13-8-10-15(11-9-13)19(21)22/h3-11,16H,12H2,1-2H3. The molecule has 0 fully saturated rings. The molecule has 2 rings (SSSR count). The first-order chi connectivity index (χ1) is 10.5. The minimum atomic E-state index is -0.428. The van der Waals surface area contributed by atoms with Gasteiger partial charge in [-0.15, -0.1) is 0 Å². The summed E-state index contributed by atoms with van der Waals surface area (Å²) in [5, 5.41) is 10.7. The predicted molar refractivity (Wildman–Crippen MR) is 85.0 cm³/mol. The Hall–Kier alpha value is -2.53. The Balaban J connectivity index is 2.19. The Bertz CT molecular complexity index is 651. The molecule has 5 nitrogen and oxygen atoms in total. The average molecular weight is 298 g/mol. The van der Waals surface area contributed by atoms with Crippen LogP contribution >= 0.6 is 0 Å². The van der Waals surface area contributed by atoms with Gasteiger partial charge in [0.25, 0.3) is 5.69 Å². The van der Waals surface area contributed by atoms with E-state index >= 15 is 0 Å². The zero-order chi connectivity index (χ0) is 16.1. The maximum absolute atomic E-state index is 12.6. The molecule has 0 aliphatic rings. The molecule has 0 aliphatic carbocycles. The van der Waals surface area contributed by atoms with E-state index in [0.29, 0.717) is 12.0 Å². The maximum Gasteiger partial charge on any atom is 0.269 e. The molecule has 0 saturated carbocycles. The van der Waals surface area contributed by atoms with Gasteiger partial charge in [-0.05, 0) is 26.1 Å². The quantitative estimate of drug-likeness (QED) is 0.467. The highest BCUT2D eigenvalue weighted by Gasteiger charge is 2.22. The molecule has 2 aromatic rings. The molecule has 22 heavy (non-hydrogen) atoms. The third-order valence-electron chi connectivity index (χ3n) is 3.56. The number of hydrogen-bond acceptors (Lipinski definition) is 4. The van der Waals surface area contributed by atoms with E-state index in [1.54, 1.807) is 24.3 Å². The number of hydrogen-bond donors (Lipinski definition) is 0. The Morgan fingerprint density at radius 1 is 1.09 bits per heavy atom. The number of nitrogens with zero attached hydrogens (tertiary/aromatic N) is 2. The first kappa shape index (κ1) is 15.9. The minimum Gasteiger partial charge on any atom is -0.299 e. The van der Waals surface area contributed by atoms with Crippen LogP contribution in [0.15, 0.2) is 54.6 Å². The van der Waals surface area contributed by atoms with Crippen LogP contribution in [0.25, 0.3) is 0 Å². The average Bonchev–Trinajstić information content (AvgIpc) is 2.53. The van der Waals surface area contributed by atoms with Crippen LogP contribution in [0.1, 0.15) is 15.9 Å². The Morgan fingerprint density at radius 2 is 1.68 bits per heavy atom. The molecular formula is C17H18N2O3. The van der Waals surface area contributed by atoms with Crippen molar-refractivity contribution in [1.82, 2.24) is 4.90 Å². The zero-order valence-electron chi connectivity index (χ0n) is 12.6. The number of benzene rings is 2. The van der Waals surface area contributed by atoms with Crippen LogP contribution in [0.5, 0.6) is 0 Å². The Kier molecular flexibility index (Phi) is 5.01. The van der Waals surface area contributed by atoms with E-state index in [-0.39, 0.29) is 17.5 Å². The number of nitro groups is 1. The summed E-state index contributed by atoms with van der Waals surface area (Å²) in [7, 11) is 3.72. The number of ketones is 1. The lowest BCUT2D eigenvalue weighted by atomic mass is 9.97. The van der Waals surface area contributed by atoms with Crippen molar-refractivity contribution in [2.75, 3.05) is 14.1 Å². The SMILES string of the molecule is CN(C)C(Cc1ccc([N+](=O)[O-])cc1)C(=O)c1ccccc1. The second kappa shape index (κ2) is 6.95. The van der Waals surface area contributed by atoms with Crippen LogP contribution in [0.3, 0.4) is 0 Å². The minimum absolute atomic E-state index is 0.0453. The van der Waals surface area contributed by atoms with Gasteiger partial charge in [0, 0.05) is 17.7 Å². The monoisotopic (exact) mass is 298 g/mol. The van der Waals surface area contributed by atoms with Crippen molar-refractivity contribution >= 4 is 11.5 Å². The topological polar surface area (TPSA) is 63.4 Å². The van der Waals surface area contributed by atoms with Gasteiger partial charge in [0.2, 0.25) is 0 Å². The van der Waals surface area contributed by atoms with E-state index < -0.39 is 4.92 Å². The Labute approximate surface area is 129 Å². The molecule has 0 amide bonds. The summed E-state index contributed by atoms with van der Waals surface area (Å²) in [6, 6.07) is 15.2. The van der Waals surface area contributed by atoms with Gasteiger partial charge in [-0.2, -0.15) is 0 Å². The van der Waals surface area contributed by atoms with Crippen molar-refractivity contribution in [3.63, 3.8) is 0 Å². The van der Waals surface area contributed by atoms with E-state index in [2.05, 4.69) is 0 Å². The molecule has 1 unspecified atom stereocenters. The summed E-state index contributed by atoms with van der Waals surface area (Å²) in [5.41, 5.74) is 1.62. The molecule has 0 saturated heterocycles. The molecule has 2 aromatic carbocycles. The zero-order valence-corrected chi connectivity index (χ0v) is 12.6. The van der Waals surface area contributed by atoms with Crippen LogP contribution in [0.2, 0.25) is 0 Å². The fourth-order valence-corrected chi connectivity index (χ4v) is 2.28. The lowest BCUT2D eigenvalue weighted by Gasteiger charge is -2.23. The predicted octanol–water partition coefficient (Wildman–Crippen LogP) is 2.95. The lowest BCUT2D eigenvalue weighted by molar-refractivity contribution is -0.384. The molecule has 0 N–H and O–H groups in total. The van der Waals surface area contributed by atoms with Crippen molar-refractivity contribution in [1.29, 1.82) is 0 Å². The van der Waals surface area contributed by atoms with Crippen LogP contribution in [-0.4, -0.2) is 35.7 Å². The summed E-state index contributed by atoms with van der Waals surface area (Å²) in [6.45, 7) is 0. The van der Waals surface area contributed by atoms with Gasteiger partial charge >= 0.3 is 0 Å². The molecule has 114 valence electrons. The first-order valence-electron chi connectivity index (χ1n) is 6.98. The number of Topliss-reactive ketones (excluding diaryl/α,β-unsaturated/α-hetero) is 1. The number of carbonyl (C=O) groups excluding carboxylic acids is 1. The van der Waals surface area contributed by atoms with Gasteiger partial charge in [-0.25, -0.2) is 0 Å². The molecule has 5 heteroatoms. The smallest absolute Gasteiger partial charge is 0.269 e. The second-order valence-corrected chi connectivity index (χ2v) is 5.34. The van der Waals surface area contributed by atoms with Crippen LogP contribution in [-0.2, 0) is 6.42 Å². The first-order valence-corrected chi connectivity index (χ1v) is 6.98. The number of likely N-dealkylation sites (N-methyl/N-ethyl adjacent to an activating group) is 1. The maximum atomic E-state index is 12.6. The fourth-order valence-electron chi connectivity index (χ4n) is 2.28. The van der Waals surface area contributed by atoms with Crippen LogP contribution < -0.4 is 0 Å². The molecule has 0 aliphatic heterocycles. The van der Waals surface area contributed by atoms with Crippen LogP contribution in [0, 0.1) is 10.1 Å². The van der Waals surface area contributed by atoms with E-state index in [9.17, 15) is 14.9 Å². The van der Waals surface area contributed by atoms with E-state index in [1.807, 2.05) is 37.2 Å². The number of non-ortho nitro benzene ring substituents is 1. The highest BCUT2D eigenvalue weighted by molar-refractivity contribution is 6.00. The summed E-state index contributed by atoms with van der Waals surface area (Å²) in [4.78, 5) is 24.7. The fraction of sp³-hybridized carbons (Fsp3) is 0.235. The third kappa shape index (κ3) is 3.77. The van der Waals surface area contributed by atoms with Crippen molar-refractivity contribution < 1.29 is 9.72 Å². The highest BCUT2D eigenvalue weighted by atomic mass is 16.6. The Morgan fingerprint density at radius 3 is 2.18 bits per heavy atom. The van der Waals surface area contributed by atoms with Crippen molar-refractivity contribution in [2.45, 2.75) is 12.5 Å². The number of carbonyl (C=O) groups is 1. The second-order valence-electron chi connectivity index (χ2n) is 5.34. The lowest BCUT2D eigenvalue weighted by Crippen LogP contribution is -2.37. The molecule has 0 heterocycles. The van der Waals surface area contributed by atoms with E-state index in [0.717, 1.165) is 5.56 Å².